The summed E-state index contributed by atoms with van der Waals surface area (Å²) >= 11 is 5.79. The molecule has 0 radical (unpaired) electrons. The van der Waals surface area contributed by atoms with Gasteiger partial charge in [-0.25, -0.2) is 0 Å². The summed E-state index contributed by atoms with van der Waals surface area (Å²) in [5.41, 5.74) is -0.634. The quantitative estimate of drug-likeness (QED) is 0.658. The van der Waals surface area contributed by atoms with Gasteiger partial charge in [0.2, 0.25) is 5.91 Å². The van der Waals surface area contributed by atoms with Crippen LogP contribution >= 0.6 is 11.6 Å². The minimum Gasteiger partial charge on any atom is -0.353 e. The van der Waals surface area contributed by atoms with E-state index in [0.29, 0.717) is 0 Å². The van der Waals surface area contributed by atoms with Gasteiger partial charge >= 0.3 is 6.18 Å². The topological polar surface area (TPSA) is 46.9 Å². The van der Waals surface area contributed by atoms with Gasteiger partial charge in [0.25, 0.3) is 0 Å². The number of hydrogen-bond donors (Lipinski definition) is 1. The third kappa shape index (κ3) is 3.91. The second-order valence-corrected chi connectivity index (χ2v) is 9.91. The molecule has 0 saturated heterocycles. The number of nitrogens with one attached hydrogen (secondary N) is 1. The molecule has 4 bridgehead atoms. The Morgan fingerprint density at radius 3 is 2.24 bits per heavy atom. The number of hydrogen-bond acceptors (Lipinski definition) is 2. The second kappa shape index (κ2) is 7.47. The van der Waals surface area contributed by atoms with E-state index < -0.39 is 16.9 Å². The van der Waals surface area contributed by atoms with Crippen LogP contribution in [0, 0.1) is 30.1 Å². The summed E-state index contributed by atoms with van der Waals surface area (Å²) < 4.78 is 40.1. The zero-order valence-electron chi connectivity index (χ0n) is 17.0. The van der Waals surface area contributed by atoms with Crippen LogP contribution < -0.4 is 5.32 Å². The molecule has 1 N–H and O–H groups in total. The van der Waals surface area contributed by atoms with E-state index in [4.69, 9.17) is 11.6 Å². The third-order valence-electron chi connectivity index (χ3n) is 7.52. The van der Waals surface area contributed by atoms with Crippen molar-refractivity contribution >= 4 is 17.5 Å². The van der Waals surface area contributed by atoms with Crippen LogP contribution in [0.25, 0.3) is 0 Å². The van der Waals surface area contributed by atoms with Crippen molar-refractivity contribution in [3.63, 3.8) is 0 Å². The van der Waals surface area contributed by atoms with Crippen LogP contribution in [0.15, 0.2) is 0 Å². The fourth-order valence-electron chi connectivity index (χ4n) is 6.69. The first kappa shape index (κ1) is 21.0. The van der Waals surface area contributed by atoms with Crippen LogP contribution in [-0.2, 0) is 17.5 Å². The Morgan fingerprint density at radius 1 is 1.24 bits per heavy atom. The van der Waals surface area contributed by atoms with Gasteiger partial charge in [0.15, 0.2) is 5.69 Å². The van der Waals surface area contributed by atoms with Crippen LogP contribution in [0.5, 0.6) is 0 Å². The third-order valence-corrected chi connectivity index (χ3v) is 7.97. The highest BCUT2D eigenvalue weighted by Crippen LogP contribution is 2.61. The number of alkyl halides is 3. The molecule has 1 atom stereocenters. The number of halogens is 4. The Balaban J connectivity index is 1.40. The molecule has 1 aromatic heterocycles. The fourth-order valence-corrected chi connectivity index (χ4v) is 6.93. The average molecular weight is 432 g/mol. The first-order valence-electron chi connectivity index (χ1n) is 10.7. The monoisotopic (exact) mass is 431 g/mol. The Hall–Kier alpha value is -1.24. The first-order chi connectivity index (χ1) is 13.6. The molecule has 0 spiro atoms. The van der Waals surface area contributed by atoms with Crippen LogP contribution in [0.2, 0.25) is 5.02 Å². The highest BCUT2D eigenvalue weighted by atomic mass is 35.5. The fraction of sp³-hybridized carbons (Fsp3) is 0.810. The lowest BCUT2D eigenvalue weighted by Gasteiger charge is -2.59. The molecule has 5 rings (SSSR count). The van der Waals surface area contributed by atoms with Crippen molar-refractivity contribution in [3.8, 4) is 0 Å². The predicted octanol–water partition coefficient (Wildman–Crippen LogP) is 5.37. The normalized spacial score (nSPS) is 31.9. The van der Waals surface area contributed by atoms with E-state index in [1.165, 1.54) is 50.1 Å². The number of nitrogens with zero attached hydrogens (tertiary/aromatic N) is 2. The van der Waals surface area contributed by atoms with Crippen LogP contribution in [-0.4, -0.2) is 21.7 Å². The zero-order chi connectivity index (χ0) is 21.0. The van der Waals surface area contributed by atoms with Crippen LogP contribution in [0.3, 0.4) is 0 Å². The van der Waals surface area contributed by atoms with E-state index >= 15 is 0 Å². The summed E-state index contributed by atoms with van der Waals surface area (Å²) in [5.74, 6) is 2.30. The van der Waals surface area contributed by atoms with Gasteiger partial charge in [-0.1, -0.05) is 18.5 Å². The second-order valence-electron chi connectivity index (χ2n) is 9.53. The van der Waals surface area contributed by atoms with E-state index in [-0.39, 0.29) is 36.0 Å². The van der Waals surface area contributed by atoms with Gasteiger partial charge in [-0.2, -0.15) is 18.3 Å². The van der Waals surface area contributed by atoms with Gasteiger partial charge in [-0.3, -0.25) is 9.48 Å². The van der Waals surface area contributed by atoms with Gasteiger partial charge in [0, 0.05) is 12.5 Å². The van der Waals surface area contributed by atoms with Gasteiger partial charge < -0.3 is 5.32 Å². The number of aryl methyl sites for hydroxylation is 1. The summed E-state index contributed by atoms with van der Waals surface area (Å²) in [6, 6.07) is 0.149. The van der Waals surface area contributed by atoms with E-state index in [1.54, 1.807) is 0 Å². The summed E-state index contributed by atoms with van der Waals surface area (Å²) in [6.07, 6.45) is 4.07. The predicted molar refractivity (Wildman–Crippen MR) is 104 cm³/mol. The maximum atomic E-state index is 13.0. The number of carbonyl (C=O) groups excluding carboxylic acids is 1. The Morgan fingerprint density at radius 2 is 1.79 bits per heavy atom. The molecule has 4 aliphatic rings. The van der Waals surface area contributed by atoms with E-state index in [9.17, 15) is 18.0 Å². The highest BCUT2D eigenvalue weighted by Gasteiger charge is 2.54. The summed E-state index contributed by atoms with van der Waals surface area (Å²) in [4.78, 5) is 12.7. The van der Waals surface area contributed by atoms with Crippen molar-refractivity contribution in [2.24, 2.45) is 23.2 Å². The Kier molecular flexibility index (Phi) is 5.41. The number of amides is 1. The lowest BCUT2D eigenvalue weighted by atomic mass is 9.47. The molecular weight excluding hydrogens is 403 g/mol. The Bertz CT molecular complexity index is 754. The van der Waals surface area contributed by atoms with Gasteiger partial charge in [-0.15, -0.1) is 0 Å². The van der Waals surface area contributed by atoms with Crippen LogP contribution in [0.4, 0.5) is 13.2 Å². The molecule has 0 aliphatic heterocycles. The summed E-state index contributed by atoms with van der Waals surface area (Å²) in [7, 11) is 0. The summed E-state index contributed by atoms with van der Waals surface area (Å²) in [5, 5.41) is 6.43. The highest BCUT2D eigenvalue weighted by molar-refractivity contribution is 6.31. The van der Waals surface area contributed by atoms with Crippen LogP contribution in [0.1, 0.15) is 69.7 Å². The SMILES string of the molecule is CC[C@H](NC(=O)CCn1nc(C(F)(F)F)c(Cl)c1C)C12CC3CC(CC(C3)C1)C2. The van der Waals surface area contributed by atoms with Gasteiger partial charge in [0.05, 0.1) is 17.3 Å². The molecule has 29 heavy (non-hydrogen) atoms. The number of aromatic nitrogens is 2. The number of carbonyl (C=O) groups is 1. The summed E-state index contributed by atoms with van der Waals surface area (Å²) in [6.45, 7) is 3.70. The zero-order valence-corrected chi connectivity index (χ0v) is 17.7. The van der Waals surface area contributed by atoms with E-state index in [1.807, 2.05) is 0 Å². The maximum Gasteiger partial charge on any atom is 0.436 e. The molecule has 8 heteroatoms. The minimum absolute atomic E-state index is 0.0881. The molecule has 4 saturated carbocycles. The molecule has 1 heterocycles. The molecule has 4 fully saturated rings. The van der Waals surface area contributed by atoms with Gasteiger partial charge in [0.1, 0.15) is 0 Å². The molecule has 0 unspecified atom stereocenters. The van der Waals surface area contributed by atoms with Crippen molar-refractivity contribution in [1.82, 2.24) is 15.1 Å². The van der Waals surface area contributed by atoms with Crippen molar-refractivity contribution in [1.29, 1.82) is 0 Å². The lowest BCUT2D eigenvalue weighted by molar-refractivity contribution is -0.141. The van der Waals surface area contributed by atoms with E-state index in [2.05, 4.69) is 17.3 Å². The Labute approximate surface area is 174 Å². The molecule has 4 nitrogen and oxygen atoms in total. The average Bonchev–Trinajstić information content (AvgIpc) is 2.91. The molecule has 162 valence electrons. The smallest absolute Gasteiger partial charge is 0.353 e. The molecule has 1 aromatic rings. The molecule has 4 aliphatic carbocycles. The number of rotatable bonds is 6. The van der Waals surface area contributed by atoms with Gasteiger partial charge in [-0.05, 0) is 75.0 Å². The largest absolute Gasteiger partial charge is 0.436 e. The van der Waals surface area contributed by atoms with Crippen molar-refractivity contribution in [2.75, 3.05) is 0 Å². The molecule has 0 aromatic carbocycles. The van der Waals surface area contributed by atoms with Crippen molar-refractivity contribution in [3.05, 3.63) is 16.4 Å². The maximum absolute atomic E-state index is 13.0. The van der Waals surface area contributed by atoms with Crippen molar-refractivity contribution < 1.29 is 18.0 Å². The minimum atomic E-state index is -4.60. The lowest BCUT2D eigenvalue weighted by Crippen LogP contribution is -2.56. The first-order valence-corrected chi connectivity index (χ1v) is 11.1. The van der Waals surface area contributed by atoms with Crippen molar-refractivity contribution in [2.45, 2.75) is 84.0 Å². The standard InChI is InChI=1S/C21H29ClF3N3O/c1-3-16(20-9-13-6-14(10-20)8-15(7-13)11-20)26-17(29)4-5-28-12(2)18(22)19(27-28)21(23,24)25/h13-16H,3-11H2,1-2H3,(H,26,29)/t13?,14?,15?,16-,20?/m0/s1. The van der Waals surface area contributed by atoms with E-state index in [0.717, 1.165) is 24.2 Å². The molecular formula is C21H29ClF3N3O. The molecule has 1 amide bonds.